The van der Waals surface area contributed by atoms with E-state index in [-0.39, 0.29) is 0 Å². The first-order chi connectivity index (χ1) is 5.29. The van der Waals surface area contributed by atoms with Crippen LogP contribution in [0.1, 0.15) is 23.8 Å². The average Bonchev–Trinajstić information content (AvgIpc) is 2.45. The summed E-state index contributed by atoms with van der Waals surface area (Å²) in [7, 11) is 0. The Morgan fingerprint density at radius 3 is 3.27 bits per heavy atom. The van der Waals surface area contributed by atoms with Crippen LogP contribution in [0.4, 0.5) is 0 Å². The Labute approximate surface area is 70.6 Å². The highest BCUT2D eigenvalue weighted by atomic mass is 32.1. The molecule has 1 heterocycles. The highest BCUT2D eigenvalue weighted by Gasteiger charge is 2.20. The number of hydrogen-bond donors (Lipinski definition) is 1. The molecule has 0 spiro atoms. The molecule has 11 heavy (non-hydrogen) atoms. The van der Waals surface area contributed by atoms with Crippen LogP contribution >= 0.6 is 11.3 Å². The standard InChI is InChI=1S/C9H11NS/c1-6-2-3-8-7(9(6)10)4-5-11-8/h4-6,10H,2-3H2,1H3. The lowest BCUT2D eigenvalue weighted by molar-refractivity contribution is 0.667. The zero-order valence-corrected chi connectivity index (χ0v) is 7.37. The van der Waals surface area contributed by atoms with Gasteiger partial charge in [-0.25, -0.2) is 0 Å². The second-order valence-electron chi connectivity index (χ2n) is 3.11. The van der Waals surface area contributed by atoms with Crippen LogP contribution in [0, 0.1) is 11.3 Å². The van der Waals surface area contributed by atoms with Gasteiger partial charge in [0, 0.05) is 16.2 Å². The van der Waals surface area contributed by atoms with E-state index in [9.17, 15) is 0 Å². The van der Waals surface area contributed by atoms with Crippen molar-refractivity contribution in [3.05, 3.63) is 21.9 Å². The fourth-order valence-electron chi connectivity index (χ4n) is 1.53. The highest BCUT2D eigenvalue weighted by Crippen LogP contribution is 2.28. The third-order valence-corrected chi connectivity index (χ3v) is 3.31. The number of fused-ring (bicyclic) bond motifs is 1. The maximum Gasteiger partial charge on any atom is 0.0425 e. The fraction of sp³-hybridized carbons (Fsp3) is 0.444. The normalized spacial score (nSPS) is 23.4. The molecule has 0 saturated heterocycles. The van der Waals surface area contributed by atoms with E-state index in [1.807, 2.05) is 0 Å². The van der Waals surface area contributed by atoms with Crippen LogP contribution in [0.15, 0.2) is 11.4 Å². The van der Waals surface area contributed by atoms with Gasteiger partial charge in [-0.2, -0.15) is 0 Å². The van der Waals surface area contributed by atoms with Crippen molar-refractivity contribution >= 4 is 17.0 Å². The van der Waals surface area contributed by atoms with Crippen LogP contribution in [0.5, 0.6) is 0 Å². The van der Waals surface area contributed by atoms with Crippen LogP contribution in [-0.4, -0.2) is 5.71 Å². The first kappa shape index (κ1) is 7.04. The molecule has 0 fully saturated rings. The van der Waals surface area contributed by atoms with Crippen molar-refractivity contribution in [1.29, 1.82) is 5.41 Å². The van der Waals surface area contributed by atoms with E-state index in [1.165, 1.54) is 16.9 Å². The molecule has 1 aliphatic carbocycles. The van der Waals surface area contributed by atoms with Gasteiger partial charge < -0.3 is 5.41 Å². The zero-order valence-electron chi connectivity index (χ0n) is 6.55. The van der Waals surface area contributed by atoms with E-state index in [1.54, 1.807) is 11.3 Å². The maximum atomic E-state index is 7.80. The molecule has 1 N–H and O–H groups in total. The molecule has 0 bridgehead atoms. The van der Waals surface area contributed by atoms with Gasteiger partial charge >= 0.3 is 0 Å². The third kappa shape index (κ3) is 1.02. The molecule has 0 aliphatic heterocycles. The van der Waals surface area contributed by atoms with Crippen molar-refractivity contribution in [3.8, 4) is 0 Å². The van der Waals surface area contributed by atoms with Crippen LogP contribution in [0.2, 0.25) is 0 Å². The molecule has 2 rings (SSSR count). The van der Waals surface area contributed by atoms with Crippen molar-refractivity contribution in [2.75, 3.05) is 0 Å². The molecular formula is C9H11NS. The second kappa shape index (κ2) is 2.45. The molecule has 0 aromatic carbocycles. The van der Waals surface area contributed by atoms with Crippen LogP contribution in [0.25, 0.3) is 0 Å². The highest BCUT2D eigenvalue weighted by molar-refractivity contribution is 7.10. The smallest absolute Gasteiger partial charge is 0.0425 e. The largest absolute Gasteiger partial charge is 0.304 e. The minimum atomic E-state index is 0.470. The molecule has 1 nitrogen and oxygen atoms in total. The Hall–Kier alpha value is -0.630. The molecule has 2 heteroatoms. The topological polar surface area (TPSA) is 23.9 Å². The summed E-state index contributed by atoms with van der Waals surface area (Å²) in [5, 5.41) is 9.89. The van der Waals surface area contributed by atoms with Gasteiger partial charge in [-0.15, -0.1) is 11.3 Å². The molecule has 58 valence electrons. The minimum Gasteiger partial charge on any atom is -0.304 e. The van der Waals surface area contributed by atoms with Gasteiger partial charge in [0.2, 0.25) is 0 Å². The van der Waals surface area contributed by atoms with E-state index in [0.29, 0.717) is 5.92 Å². The van der Waals surface area contributed by atoms with Crippen molar-refractivity contribution in [2.24, 2.45) is 5.92 Å². The summed E-state index contributed by atoms with van der Waals surface area (Å²) in [6.07, 6.45) is 2.34. The SMILES string of the molecule is CC1CCc2sccc2C1=N. The number of hydrogen-bond acceptors (Lipinski definition) is 2. The molecule has 1 atom stereocenters. The molecule has 1 aromatic rings. The molecule has 1 aliphatic rings. The van der Waals surface area contributed by atoms with E-state index in [0.717, 1.165) is 12.1 Å². The van der Waals surface area contributed by atoms with Crippen LogP contribution in [0.3, 0.4) is 0 Å². The summed E-state index contributed by atoms with van der Waals surface area (Å²) < 4.78 is 0. The molecule has 1 unspecified atom stereocenters. The molecular weight excluding hydrogens is 154 g/mol. The van der Waals surface area contributed by atoms with Gasteiger partial charge in [0.05, 0.1) is 0 Å². The molecule has 0 amide bonds. The minimum absolute atomic E-state index is 0.470. The van der Waals surface area contributed by atoms with Gasteiger partial charge in [-0.05, 0) is 30.2 Å². The summed E-state index contributed by atoms with van der Waals surface area (Å²) in [4.78, 5) is 1.41. The van der Waals surface area contributed by atoms with Crippen molar-refractivity contribution in [2.45, 2.75) is 19.8 Å². The first-order valence-electron chi connectivity index (χ1n) is 3.94. The predicted molar refractivity (Wildman–Crippen MR) is 48.6 cm³/mol. The van der Waals surface area contributed by atoms with Gasteiger partial charge in [0.1, 0.15) is 0 Å². The Bertz CT molecular complexity index is 288. The predicted octanol–water partition coefficient (Wildman–Crippen LogP) is 2.70. The molecule has 1 aromatic heterocycles. The van der Waals surface area contributed by atoms with E-state index < -0.39 is 0 Å². The lowest BCUT2D eigenvalue weighted by atomic mass is 9.88. The summed E-state index contributed by atoms with van der Waals surface area (Å²) in [6, 6.07) is 2.08. The zero-order chi connectivity index (χ0) is 7.84. The van der Waals surface area contributed by atoms with Crippen molar-refractivity contribution in [3.63, 3.8) is 0 Å². The summed E-state index contributed by atoms with van der Waals surface area (Å²) in [6.45, 7) is 2.14. The van der Waals surface area contributed by atoms with Crippen LogP contribution in [-0.2, 0) is 6.42 Å². The third-order valence-electron chi connectivity index (χ3n) is 2.33. The number of rotatable bonds is 0. The van der Waals surface area contributed by atoms with E-state index in [4.69, 9.17) is 5.41 Å². The number of nitrogens with one attached hydrogen (secondary N) is 1. The van der Waals surface area contributed by atoms with Crippen LogP contribution < -0.4 is 0 Å². The summed E-state index contributed by atoms with van der Waals surface area (Å²) in [5.41, 5.74) is 2.04. The monoisotopic (exact) mass is 165 g/mol. The Morgan fingerprint density at radius 1 is 1.64 bits per heavy atom. The molecule has 0 saturated carbocycles. The number of aryl methyl sites for hydroxylation is 1. The van der Waals surface area contributed by atoms with Gasteiger partial charge in [0.25, 0.3) is 0 Å². The Kier molecular flexibility index (Phi) is 1.57. The van der Waals surface area contributed by atoms with E-state index >= 15 is 0 Å². The second-order valence-corrected chi connectivity index (χ2v) is 4.11. The quantitative estimate of drug-likeness (QED) is 0.611. The Balaban J connectivity index is 2.46. The van der Waals surface area contributed by atoms with E-state index in [2.05, 4.69) is 18.4 Å². The fourth-order valence-corrected chi connectivity index (χ4v) is 2.44. The summed E-state index contributed by atoms with van der Waals surface area (Å²) >= 11 is 1.79. The molecule has 0 radical (unpaired) electrons. The van der Waals surface area contributed by atoms with Gasteiger partial charge in [-0.1, -0.05) is 6.92 Å². The van der Waals surface area contributed by atoms with Gasteiger partial charge in [0.15, 0.2) is 0 Å². The maximum absolute atomic E-state index is 7.80. The lowest BCUT2D eigenvalue weighted by Gasteiger charge is -2.18. The lowest BCUT2D eigenvalue weighted by Crippen LogP contribution is -2.17. The van der Waals surface area contributed by atoms with Crippen molar-refractivity contribution < 1.29 is 0 Å². The van der Waals surface area contributed by atoms with Gasteiger partial charge in [-0.3, -0.25) is 0 Å². The summed E-state index contributed by atoms with van der Waals surface area (Å²) in [5.74, 6) is 0.470. The number of thiophene rings is 1. The average molecular weight is 165 g/mol. The Morgan fingerprint density at radius 2 is 2.45 bits per heavy atom. The van der Waals surface area contributed by atoms with Crippen molar-refractivity contribution in [1.82, 2.24) is 0 Å². The first-order valence-corrected chi connectivity index (χ1v) is 4.82.